The summed E-state index contributed by atoms with van der Waals surface area (Å²) >= 11 is 6.26. The summed E-state index contributed by atoms with van der Waals surface area (Å²) in [5.41, 5.74) is 1.93. The fourth-order valence-corrected chi connectivity index (χ4v) is 2.94. The van der Waals surface area contributed by atoms with Crippen molar-refractivity contribution in [3.8, 4) is 0 Å². The molecule has 2 aromatic carbocycles. The molecule has 3 heteroatoms. The van der Waals surface area contributed by atoms with E-state index in [4.69, 9.17) is 11.6 Å². The number of hydrogen-bond acceptors (Lipinski definition) is 1. The van der Waals surface area contributed by atoms with Crippen molar-refractivity contribution in [2.45, 2.75) is 26.3 Å². The van der Waals surface area contributed by atoms with Gasteiger partial charge in [-0.1, -0.05) is 43.1 Å². The van der Waals surface area contributed by atoms with Gasteiger partial charge in [0.05, 0.1) is 21.4 Å². The molecule has 0 saturated carbocycles. The van der Waals surface area contributed by atoms with Crippen LogP contribution in [0.3, 0.4) is 0 Å². The van der Waals surface area contributed by atoms with Crippen LogP contribution in [0.4, 0.5) is 0 Å². The number of benzene rings is 2. The summed E-state index contributed by atoms with van der Waals surface area (Å²) in [4.78, 5) is 12.6. The Labute approximate surface area is 122 Å². The van der Waals surface area contributed by atoms with E-state index < -0.39 is 0 Å². The molecule has 3 rings (SSSR count). The van der Waals surface area contributed by atoms with Gasteiger partial charge >= 0.3 is 0 Å². The molecule has 0 N–H and O–H groups in total. The Balaban J connectivity index is 2.50. The lowest BCUT2D eigenvalue weighted by Crippen LogP contribution is -2.12. The van der Waals surface area contributed by atoms with Gasteiger partial charge in [0.1, 0.15) is 0 Å². The maximum absolute atomic E-state index is 12.6. The average molecular weight is 286 g/mol. The van der Waals surface area contributed by atoms with Gasteiger partial charge in [0.2, 0.25) is 0 Å². The summed E-state index contributed by atoms with van der Waals surface area (Å²) < 4.78 is 2.21. The molecule has 0 atom stereocenters. The third kappa shape index (κ3) is 2.01. The van der Waals surface area contributed by atoms with Gasteiger partial charge in [-0.05, 0) is 30.7 Å². The van der Waals surface area contributed by atoms with E-state index in [2.05, 4.69) is 11.5 Å². The summed E-state index contributed by atoms with van der Waals surface area (Å²) in [6, 6.07) is 13.4. The molecule has 20 heavy (non-hydrogen) atoms. The molecule has 2 nitrogen and oxygen atoms in total. The molecule has 3 aromatic rings. The van der Waals surface area contributed by atoms with Crippen LogP contribution in [0.1, 0.15) is 19.8 Å². The molecule has 0 radical (unpaired) electrons. The van der Waals surface area contributed by atoms with Crippen LogP contribution in [-0.4, -0.2) is 4.57 Å². The lowest BCUT2D eigenvalue weighted by molar-refractivity contribution is 0.662. The van der Waals surface area contributed by atoms with Crippen LogP contribution in [0.25, 0.3) is 21.8 Å². The van der Waals surface area contributed by atoms with Crippen molar-refractivity contribution in [3.05, 3.63) is 57.7 Å². The van der Waals surface area contributed by atoms with Crippen LogP contribution in [0.15, 0.2) is 47.3 Å². The van der Waals surface area contributed by atoms with Crippen molar-refractivity contribution in [2.75, 3.05) is 0 Å². The smallest absolute Gasteiger partial charge is 0.198 e. The third-order valence-corrected chi connectivity index (χ3v) is 4.00. The Kier molecular flexibility index (Phi) is 3.49. The fourth-order valence-electron chi connectivity index (χ4n) is 2.69. The summed E-state index contributed by atoms with van der Waals surface area (Å²) in [6.07, 6.45) is 2.19. The van der Waals surface area contributed by atoms with Crippen molar-refractivity contribution in [1.82, 2.24) is 4.57 Å². The minimum Gasteiger partial charge on any atom is -0.340 e. The number of hydrogen-bond donors (Lipinski definition) is 0. The van der Waals surface area contributed by atoms with Gasteiger partial charge in [-0.25, -0.2) is 0 Å². The van der Waals surface area contributed by atoms with Crippen LogP contribution in [0.5, 0.6) is 0 Å². The van der Waals surface area contributed by atoms with Crippen LogP contribution in [0, 0.1) is 0 Å². The zero-order valence-corrected chi connectivity index (χ0v) is 12.2. The highest BCUT2D eigenvalue weighted by Crippen LogP contribution is 2.25. The van der Waals surface area contributed by atoms with Gasteiger partial charge in [-0.15, -0.1) is 0 Å². The van der Waals surface area contributed by atoms with Crippen LogP contribution < -0.4 is 5.43 Å². The zero-order valence-electron chi connectivity index (χ0n) is 11.4. The molecular formula is C17H16ClNO. The predicted octanol–water partition coefficient (Wildman–Crippen LogP) is 4.61. The molecule has 0 spiro atoms. The minimum atomic E-state index is 0.0222. The number of pyridine rings is 1. The van der Waals surface area contributed by atoms with Crippen molar-refractivity contribution in [3.63, 3.8) is 0 Å². The first kappa shape index (κ1) is 13.2. The number of nitrogens with zero attached hydrogens (tertiary/aromatic N) is 1. The second-order valence-corrected chi connectivity index (χ2v) is 5.39. The van der Waals surface area contributed by atoms with E-state index in [1.807, 2.05) is 36.4 Å². The van der Waals surface area contributed by atoms with Crippen LogP contribution in [-0.2, 0) is 6.54 Å². The molecule has 0 aliphatic heterocycles. The van der Waals surface area contributed by atoms with E-state index in [1.54, 1.807) is 6.07 Å². The molecule has 0 aliphatic rings. The van der Waals surface area contributed by atoms with E-state index in [1.165, 1.54) is 0 Å². The molecule has 0 bridgehead atoms. The summed E-state index contributed by atoms with van der Waals surface area (Å²) in [6.45, 7) is 3.06. The Morgan fingerprint density at radius 2 is 1.80 bits per heavy atom. The van der Waals surface area contributed by atoms with Gasteiger partial charge in [-0.3, -0.25) is 4.79 Å². The van der Waals surface area contributed by atoms with E-state index in [0.717, 1.165) is 35.8 Å². The number of rotatable bonds is 3. The first-order valence-corrected chi connectivity index (χ1v) is 7.31. The standard InChI is InChI=1S/C17H16ClNO/c1-2-3-11-19-14-9-5-4-7-12(14)17(20)16-13(18)8-6-10-15(16)19/h4-10H,2-3,11H2,1H3. The average Bonchev–Trinajstić information content (AvgIpc) is 2.47. The molecule has 102 valence electrons. The second-order valence-electron chi connectivity index (χ2n) is 4.99. The van der Waals surface area contributed by atoms with Crippen molar-refractivity contribution < 1.29 is 0 Å². The SMILES string of the molecule is CCCCn1c2ccccc2c(=O)c2c(Cl)cccc21. The molecule has 0 saturated heterocycles. The highest BCUT2D eigenvalue weighted by atomic mass is 35.5. The van der Waals surface area contributed by atoms with Gasteiger partial charge < -0.3 is 4.57 Å². The quantitative estimate of drug-likeness (QED) is 0.644. The summed E-state index contributed by atoms with van der Waals surface area (Å²) in [5.74, 6) is 0. The van der Waals surface area contributed by atoms with Gasteiger partial charge in [0.15, 0.2) is 5.43 Å². The van der Waals surface area contributed by atoms with Crippen LogP contribution in [0.2, 0.25) is 5.02 Å². The number of fused-ring (bicyclic) bond motifs is 2. The highest BCUT2D eigenvalue weighted by Gasteiger charge is 2.12. The van der Waals surface area contributed by atoms with Crippen molar-refractivity contribution in [2.24, 2.45) is 0 Å². The van der Waals surface area contributed by atoms with Crippen molar-refractivity contribution >= 4 is 33.4 Å². The lowest BCUT2D eigenvalue weighted by atomic mass is 10.1. The maximum Gasteiger partial charge on any atom is 0.198 e. The highest BCUT2D eigenvalue weighted by molar-refractivity contribution is 6.35. The molecule has 0 fully saturated rings. The van der Waals surface area contributed by atoms with E-state index >= 15 is 0 Å². The topological polar surface area (TPSA) is 22.0 Å². The minimum absolute atomic E-state index is 0.0222. The molecule has 1 heterocycles. The van der Waals surface area contributed by atoms with Gasteiger partial charge in [0, 0.05) is 11.9 Å². The molecule has 0 aliphatic carbocycles. The lowest BCUT2D eigenvalue weighted by Gasteiger charge is -2.15. The van der Waals surface area contributed by atoms with E-state index in [0.29, 0.717) is 10.4 Å². The molecule has 0 unspecified atom stereocenters. The summed E-state index contributed by atoms with van der Waals surface area (Å²) in [5, 5.41) is 1.90. The molecule has 1 aromatic heterocycles. The number of para-hydroxylation sites is 1. The molecule has 0 amide bonds. The summed E-state index contributed by atoms with van der Waals surface area (Å²) in [7, 11) is 0. The number of unbranched alkanes of at least 4 members (excludes halogenated alkanes) is 1. The Morgan fingerprint density at radius 1 is 1.05 bits per heavy atom. The van der Waals surface area contributed by atoms with E-state index in [9.17, 15) is 4.79 Å². The Bertz CT molecular complexity index is 835. The van der Waals surface area contributed by atoms with Crippen LogP contribution >= 0.6 is 11.6 Å². The number of halogens is 1. The van der Waals surface area contributed by atoms with E-state index in [-0.39, 0.29) is 5.43 Å². The monoisotopic (exact) mass is 285 g/mol. The first-order valence-electron chi connectivity index (χ1n) is 6.94. The Morgan fingerprint density at radius 3 is 2.60 bits per heavy atom. The second kappa shape index (κ2) is 5.29. The zero-order chi connectivity index (χ0) is 14.1. The van der Waals surface area contributed by atoms with Crippen molar-refractivity contribution in [1.29, 1.82) is 0 Å². The van der Waals surface area contributed by atoms with Gasteiger partial charge in [-0.2, -0.15) is 0 Å². The third-order valence-electron chi connectivity index (χ3n) is 3.68. The van der Waals surface area contributed by atoms with Gasteiger partial charge in [0.25, 0.3) is 0 Å². The largest absolute Gasteiger partial charge is 0.340 e. The number of aromatic nitrogens is 1. The normalized spacial score (nSPS) is 11.3. The fraction of sp³-hybridized carbons (Fsp3) is 0.235. The first-order chi connectivity index (χ1) is 9.74. The number of aryl methyl sites for hydroxylation is 1. The Hall–Kier alpha value is -1.80. The predicted molar refractivity (Wildman–Crippen MR) is 85.6 cm³/mol. The molecular weight excluding hydrogens is 270 g/mol. The maximum atomic E-state index is 12.6.